The molecule has 2 aromatic heterocycles. The van der Waals surface area contributed by atoms with Gasteiger partial charge in [0.25, 0.3) is 0 Å². The quantitative estimate of drug-likeness (QED) is 0.250. The fourth-order valence-corrected chi connectivity index (χ4v) is 4.26. The molecule has 0 radical (unpaired) electrons. The molecule has 158 valence electrons. The number of fused-ring (bicyclic) bond motifs is 1. The molecule has 4 aromatic rings. The maximum Gasteiger partial charge on any atom is 0.226 e. The number of hydrogen-bond donors (Lipinski definition) is 0. The molecule has 0 aliphatic heterocycles. The highest BCUT2D eigenvalue weighted by molar-refractivity contribution is 7.17. The van der Waals surface area contributed by atoms with Crippen molar-refractivity contribution in [1.82, 2.24) is 4.98 Å². The molecule has 0 aliphatic carbocycles. The molecule has 2 heterocycles. The highest BCUT2D eigenvalue weighted by Gasteiger charge is 2.13. The minimum absolute atomic E-state index is 0.106. The molecule has 0 atom stereocenters. The van der Waals surface area contributed by atoms with Gasteiger partial charge in [-0.1, -0.05) is 18.2 Å². The molecular weight excluding hydrogens is 410 g/mol. The van der Waals surface area contributed by atoms with E-state index in [1.165, 1.54) is 14.0 Å². The van der Waals surface area contributed by atoms with E-state index in [1.54, 1.807) is 17.4 Å². The van der Waals surface area contributed by atoms with Crippen molar-refractivity contribution < 1.29 is 18.7 Å². The number of methoxy groups -OCH3 is 1. The molecule has 6 heteroatoms. The zero-order valence-electron chi connectivity index (χ0n) is 17.7. The number of benzene rings is 2. The monoisotopic (exact) mass is 433 g/mol. The van der Waals surface area contributed by atoms with Crippen molar-refractivity contribution >= 4 is 33.3 Å². The third kappa shape index (κ3) is 4.54. The molecule has 31 heavy (non-hydrogen) atoms. The summed E-state index contributed by atoms with van der Waals surface area (Å²) in [7, 11) is 1.51. The van der Waals surface area contributed by atoms with E-state index in [2.05, 4.69) is 4.98 Å². The van der Waals surface area contributed by atoms with E-state index in [-0.39, 0.29) is 5.78 Å². The largest absolute Gasteiger partial charge is 0.493 e. The molecule has 0 unspecified atom stereocenters. The smallest absolute Gasteiger partial charge is 0.226 e. The number of rotatable bonds is 8. The first kappa shape index (κ1) is 20.9. The van der Waals surface area contributed by atoms with Crippen LogP contribution in [0.3, 0.4) is 0 Å². The summed E-state index contributed by atoms with van der Waals surface area (Å²) in [4.78, 5) is 16.3. The fraction of sp³-hybridized carbons (Fsp3) is 0.200. The van der Waals surface area contributed by atoms with Crippen LogP contribution in [0, 0.1) is 6.92 Å². The third-order valence-electron chi connectivity index (χ3n) is 4.97. The van der Waals surface area contributed by atoms with Crippen LogP contribution < -0.4 is 4.74 Å². The second-order valence-corrected chi connectivity index (χ2v) is 7.99. The number of nitrogens with zero attached hydrogens (tertiary/aromatic N) is 1. The Balaban J connectivity index is 1.50. The van der Waals surface area contributed by atoms with Crippen LogP contribution in [0.5, 0.6) is 5.75 Å². The predicted octanol–water partition coefficient (Wildman–Crippen LogP) is 6.06. The van der Waals surface area contributed by atoms with Crippen molar-refractivity contribution in [1.29, 1.82) is 0 Å². The van der Waals surface area contributed by atoms with Crippen molar-refractivity contribution in [2.45, 2.75) is 20.3 Å². The van der Waals surface area contributed by atoms with Crippen LogP contribution in [0.4, 0.5) is 0 Å². The van der Waals surface area contributed by atoms with Crippen molar-refractivity contribution in [2.24, 2.45) is 0 Å². The number of aromatic nitrogens is 1. The molecule has 0 saturated heterocycles. The number of oxazole rings is 1. The van der Waals surface area contributed by atoms with Crippen LogP contribution in [-0.2, 0) is 16.0 Å². The minimum Gasteiger partial charge on any atom is -0.493 e. The van der Waals surface area contributed by atoms with Gasteiger partial charge in [-0.25, -0.2) is 4.98 Å². The Morgan fingerprint density at radius 2 is 1.97 bits per heavy atom. The number of aryl methyl sites for hydroxylation is 1. The lowest BCUT2D eigenvalue weighted by Crippen LogP contribution is -2.03. The standard InChI is InChI=1S/C25H23NO4S/c1-16(27)23(28-3)15-19-9-10-22(20-12-14-31-24(19)20)29-13-11-21-17(2)30-25(26-21)18-7-5-4-6-8-18/h4-10,12,14-15H,11,13H2,1-3H3/b23-15-. The zero-order chi connectivity index (χ0) is 21.8. The second-order valence-electron chi connectivity index (χ2n) is 7.07. The molecule has 0 spiro atoms. The maximum atomic E-state index is 11.7. The third-order valence-corrected chi connectivity index (χ3v) is 5.93. The highest BCUT2D eigenvalue weighted by atomic mass is 32.1. The van der Waals surface area contributed by atoms with E-state index in [0.717, 1.165) is 38.4 Å². The lowest BCUT2D eigenvalue weighted by molar-refractivity contribution is -0.116. The van der Waals surface area contributed by atoms with Gasteiger partial charge in [-0.05, 0) is 54.3 Å². The predicted molar refractivity (Wildman–Crippen MR) is 123 cm³/mol. The van der Waals surface area contributed by atoms with Crippen LogP contribution in [0.15, 0.2) is 64.1 Å². The van der Waals surface area contributed by atoms with Crippen molar-refractivity contribution in [3.63, 3.8) is 0 Å². The molecule has 0 aliphatic rings. The first-order chi connectivity index (χ1) is 15.1. The van der Waals surface area contributed by atoms with E-state index in [1.807, 2.05) is 60.8 Å². The Labute approximate surface area is 185 Å². The molecule has 2 aromatic carbocycles. The topological polar surface area (TPSA) is 61.6 Å². The Hall–Kier alpha value is -3.38. The molecule has 0 N–H and O–H groups in total. The number of ether oxygens (including phenoxy) is 2. The maximum absolute atomic E-state index is 11.7. The Morgan fingerprint density at radius 3 is 2.71 bits per heavy atom. The van der Waals surface area contributed by atoms with Gasteiger partial charge in [-0.15, -0.1) is 11.3 Å². The number of carbonyl (C=O) groups excluding carboxylic acids is 1. The van der Waals surface area contributed by atoms with Crippen LogP contribution >= 0.6 is 11.3 Å². The van der Waals surface area contributed by atoms with Gasteiger partial charge in [0, 0.05) is 29.0 Å². The molecule has 0 bridgehead atoms. The highest BCUT2D eigenvalue weighted by Crippen LogP contribution is 2.34. The van der Waals surface area contributed by atoms with Gasteiger partial charge in [0.05, 0.1) is 19.4 Å². The summed E-state index contributed by atoms with van der Waals surface area (Å²) in [6, 6.07) is 15.8. The van der Waals surface area contributed by atoms with Gasteiger partial charge in [0.1, 0.15) is 11.5 Å². The lowest BCUT2D eigenvalue weighted by Gasteiger charge is -2.09. The van der Waals surface area contributed by atoms with E-state index >= 15 is 0 Å². The first-order valence-electron chi connectivity index (χ1n) is 9.98. The van der Waals surface area contributed by atoms with Crippen LogP contribution in [-0.4, -0.2) is 24.5 Å². The van der Waals surface area contributed by atoms with Crippen LogP contribution in [0.2, 0.25) is 0 Å². The van der Waals surface area contributed by atoms with Gasteiger partial charge in [0.15, 0.2) is 11.5 Å². The average Bonchev–Trinajstić information content (AvgIpc) is 3.41. The molecular formula is C25H23NO4S. The van der Waals surface area contributed by atoms with Gasteiger partial charge < -0.3 is 13.9 Å². The Bertz CT molecular complexity index is 1240. The molecule has 0 saturated carbocycles. The van der Waals surface area contributed by atoms with E-state index < -0.39 is 0 Å². The number of Topliss-reactive ketones (excluding diaryl/α,β-unsaturated/α-hetero) is 1. The fourth-order valence-electron chi connectivity index (χ4n) is 3.36. The number of carbonyl (C=O) groups is 1. The summed E-state index contributed by atoms with van der Waals surface area (Å²) in [6.45, 7) is 3.90. The van der Waals surface area contributed by atoms with E-state index in [4.69, 9.17) is 13.9 Å². The van der Waals surface area contributed by atoms with Gasteiger partial charge in [-0.3, -0.25) is 4.79 Å². The van der Waals surface area contributed by atoms with E-state index in [0.29, 0.717) is 24.7 Å². The van der Waals surface area contributed by atoms with Crippen molar-refractivity contribution in [3.05, 3.63) is 76.7 Å². The molecule has 0 fully saturated rings. The Kier molecular flexibility index (Phi) is 6.18. The summed E-state index contributed by atoms with van der Waals surface area (Å²) < 4.78 is 18.2. The number of thiophene rings is 1. The zero-order valence-corrected chi connectivity index (χ0v) is 18.5. The van der Waals surface area contributed by atoms with E-state index in [9.17, 15) is 4.79 Å². The Morgan fingerprint density at radius 1 is 1.16 bits per heavy atom. The van der Waals surface area contributed by atoms with Crippen LogP contribution in [0.25, 0.3) is 27.6 Å². The molecule has 0 amide bonds. The van der Waals surface area contributed by atoms with Gasteiger partial charge >= 0.3 is 0 Å². The number of hydrogen-bond acceptors (Lipinski definition) is 6. The SMILES string of the molecule is CO/C(=C\c1ccc(OCCc2nc(-c3ccccc3)oc2C)c2ccsc12)C(C)=O. The normalized spacial score (nSPS) is 11.6. The summed E-state index contributed by atoms with van der Waals surface area (Å²) in [5.74, 6) is 2.47. The summed E-state index contributed by atoms with van der Waals surface area (Å²) in [5, 5.41) is 3.03. The van der Waals surface area contributed by atoms with Crippen molar-refractivity contribution in [3.8, 4) is 17.2 Å². The number of allylic oxidation sites excluding steroid dienone is 1. The van der Waals surface area contributed by atoms with Crippen LogP contribution in [0.1, 0.15) is 23.9 Å². The second kappa shape index (κ2) is 9.18. The molecule has 4 rings (SSSR count). The molecule has 5 nitrogen and oxygen atoms in total. The summed E-state index contributed by atoms with van der Waals surface area (Å²) in [5.41, 5.74) is 2.79. The van der Waals surface area contributed by atoms with Gasteiger partial charge in [-0.2, -0.15) is 0 Å². The summed E-state index contributed by atoms with van der Waals surface area (Å²) in [6.07, 6.45) is 2.42. The lowest BCUT2D eigenvalue weighted by atomic mass is 10.1. The summed E-state index contributed by atoms with van der Waals surface area (Å²) >= 11 is 1.61. The minimum atomic E-state index is -0.106. The first-order valence-corrected chi connectivity index (χ1v) is 10.9. The number of ketones is 1. The van der Waals surface area contributed by atoms with Crippen molar-refractivity contribution in [2.75, 3.05) is 13.7 Å². The van der Waals surface area contributed by atoms with Gasteiger partial charge in [0.2, 0.25) is 5.89 Å². The average molecular weight is 434 g/mol.